The largest absolute Gasteiger partial charge is 0.497 e. The maximum Gasteiger partial charge on any atom is 0.334 e. The number of carbonyl (C=O) groups is 1. The third kappa shape index (κ3) is 5.58. The lowest BCUT2D eigenvalue weighted by Gasteiger charge is -2.10. The predicted molar refractivity (Wildman–Crippen MR) is 107 cm³/mol. The fourth-order valence-electron chi connectivity index (χ4n) is 2.72. The Labute approximate surface area is 159 Å². The molecule has 0 aliphatic carbocycles. The van der Waals surface area contributed by atoms with Crippen LogP contribution in [-0.2, 0) is 22.6 Å². The van der Waals surface area contributed by atoms with Gasteiger partial charge in [0.25, 0.3) is 0 Å². The molecule has 0 spiro atoms. The molecule has 0 bridgehead atoms. The average Bonchev–Trinajstić information content (AvgIpc) is 2.73. The molecule has 0 radical (unpaired) electrons. The van der Waals surface area contributed by atoms with Gasteiger partial charge in [-0.2, -0.15) is 0 Å². The van der Waals surface area contributed by atoms with Gasteiger partial charge in [-0.3, -0.25) is 0 Å². The number of hydrogen-bond donors (Lipinski definition) is 0. The molecule has 136 valence electrons. The zero-order valence-corrected chi connectivity index (χ0v) is 15.3. The molecule has 3 rings (SSSR count). The fraction of sp³-hybridized carbons (Fsp3) is 0.125. The Hall–Kier alpha value is -3.33. The van der Waals surface area contributed by atoms with Crippen LogP contribution in [0.4, 0.5) is 0 Å². The first-order valence-corrected chi connectivity index (χ1v) is 8.84. The van der Waals surface area contributed by atoms with E-state index in [2.05, 4.69) is 0 Å². The van der Waals surface area contributed by atoms with Crippen LogP contribution in [0.3, 0.4) is 0 Å². The molecule has 3 aromatic rings. The van der Waals surface area contributed by atoms with Gasteiger partial charge in [-0.15, -0.1) is 0 Å². The van der Waals surface area contributed by atoms with E-state index in [0.29, 0.717) is 12.0 Å². The first kappa shape index (κ1) is 18.5. The smallest absolute Gasteiger partial charge is 0.334 e. The molecular formula is C24H22O3. The molecular weight excluding hydrogens is 336 g/mol. The summed E-state index contributed by atoms with van der Waals surface area (Å²) in [6.07, 6.45) is 2.39. The third-order valence-electron chi connectivity index (χ3n) is 4.17. The van der Waals surface area contributed by atoms with Gasteiger partial charge < -0.3 is 9.47 Å². The van der Waals surface area contributed by atoms with Crippen LogP contribution >= 0.6 is 0 Å². The van der Waals surface area contributed by atoms with E-state index in [1.165, 1.54) is 0 Å². The van der Waals surface area contributed by atoms with Crippen molar-refractivity contribution in [3.8, 4) is 5.75 Å². The molecule has 0 aliphatic rings. The van der Waals surface area contributed by atoms with E-state index in [1.54, 1.807) is 7.11 Å². The molecule has 3 aromatic carbocycles. The van der Waals surface area contributed by atoms with Crippen molar-refractivity contribution in [2.24, 2.45) is 0 Å². The van der Waals surface area contributed by atoms with Crippen LogP contribution in [0, 0.1) is 0 Å². The number of hydrogen-bond acceptors (Lipinski definition) is 3. The normalized spacial score (nSPS) is 11.1. The molecule has 0 fully saturated rings. The highest BCUT2D eigenvalue weighted by molar-refractivity contribution is 5.94. The highest BCUT2D eigenvalue weighted by Crippen LogP contribution is 2.18. The van der Waals surface area contributed by atoms with Gasteiger partial charge in [0.05, 0.1) is 7.11 Å². The van der Waals surface area contributed by atoms with E-state index in [9.17, 15) is 4.79 Å². The summed E-state index contributed by atoms with van der Waals surface area (Å²) >= 11 is 0. The van der Waals surface area contributed by atoms with Gasteiger partial charge >= 0.3 is 5.97 Å². The predicted octanol–water partition coefficient (Wildman–Crippen LogP) is 5.06. The lowest BCUT2D eigenvalue weighted by atomic mass is 10.0. The highest BCUT2D eigenvalue weighted by atomic mass is 16.5. The lowest BCUT2D eigenvalue weighted by Crippen LogP contribution is -2.10. The summed E-state index contributed by atoms with van der Waals surface area (Å²) in [5.74, 6) is 0.474. The summed E-state index contributed by atoms with van der Waals surface area (Å²) in [7, 11) is 1.63. The number of ether oxygens (including phenoxy) is 2. The quantitative estimate of drug-likeness (QED) is 0.437. The standard InChI is InChI=1S/C24H22O3/c1-26-23-14-12-20(13-15-23)17-22(16-19-8-4-2-5-9-19)24(25)27-18-21-10-6-3-7-11-21/h2-15,17H,16,18H2,1H3/b22-17+. The molecule has 0 unspecified atom stereocenters. The van der Waals surface area contributed by atoms with E-state index in [0.717, 1.165) is 22.4 Å². The molecule has 0 atom stereocenters. The third-order valence-corrected chi connectivity index (χ3v) is 4.17. The number of rotatable bonds is 7. The monoisotopic (exact) mass is 358 g/mol. The number of methoxy groups -OCH3 is 1. The summed E-state index contributed by atoms with van der Waals surface area (Å²) in [6, 6.07) is 27.2. The van der Waals surface area contributed by atoms with Crippen molar-refractivity contribution >= 4 is 12.0 Å². The van der Waals surface area contributed by atoms with Crippen LogP contribution in [0.25, 0.3) is 6.08 Å². The average molecular weight is 358 g/mol. The second kappa shape index (κ2) is 9.39. The van der Waals surface area contributed by atoms with Crippen LogP contribution in [0.1, 0.15) is 16.7 Å². The molecule has 3 heteroatoms. The maximum atomic E-state index is 12.7. The van der Waals surface area contributed by atoms with Crippen LogP contribution < -0.4 is 4.74 Å². The number of benzene rings is 3. The molecule has 0 heterocycles. The van der Waals surface area contributed by atoms with Crippen molar-refractivity contribution in [2.75, 3.05) is 7.11 Å². The Kier molecular flexibility index (Phi) is 6.42. The SMILES string of the molecule is COc1ccc(/C=C(\Cc2ccccc2)C(=O)OCc2ccccc2)cc1. The Morgan fingerprint density at radius 2 is 1.41 bits per heavy atom. The van der Waals surface area contributed by atoms with E-state index in [1.807, 2.05) is 91.0 Å². The maximum absolute atomic E-state index is 12.7. The van der Waals surface area contributed by atoms with E-state index in [-0.39, 0.29) is 12.6 Å². The van der Waals surface area contributed by atoms with Crippen molar-refractivity contribution in [3.05, 3.63) is 107 Å². The van der Waals surface area contributed by atoms with Crippen LogP contribution in [0.2, 0.25) is 0 Å². The van der Waals surface area contributed by atoms with Crippen LogP contribution in [-0.4, -0.2) is 13.1 Å². The highest BCUT2D eigenvalue weighted by Gasteiger charge is 2.13. The molecule has 0 saturated carbocycles. The topological polar surface area (TPSA) is 35.5 Å². The van der Waals surface area contributed by atoms with Gasteiger partial charge in [0.2, 0.25) is 0 Å². The molecule has 3 nitrogen and oxygen atoms in total. The zero-order valence-electron chi connectivity index (χ0n) is 15.3. The Bertz CT molecular complexity index is 882. The molecule has 0 N–H and O–H groups in total. The van der Waals surface area contributed by atoms with Gasteiger partial charge in [0.1, 0.15) is 12.4 Å². The van der Waals surface area contributed by atoms with E-state index < -0.39 is 0 Å². The lowest BCUT2D eigenvalue weighted by molar-refractivity contribution is -0.140. The zero-order chi connectivity index (χ0) is 18.9. The van der Waals surface area contributed by atoms with Crippen molar-refractivity contribution in [1.82, 2.24) is 0 Å². The molecule has 0 amide bonds. The molecule has 0 aromatic heterocycles. The van der Waals surface area contributed by atoms with Crippen molar-refractivity contribution < 1.29 is 14.3 Å². The van der Waals surface area contributed by atoms with Crippen LogP contribution in [0.15, 0.2) is 90.5 Å². The van der Waals surface area contributed by atoms with Crippen LogP contribution in [0.5, 0.6) is 5.75 Å². The minimum absolute atomic E-state index is 0.258. The first-order chi connectivity index (χ1) is 13.2. The van der Waals surface area contributed by atoms with Crippen molar-refractivity contribution in [2.45, 2.75) is 13.0 Å². The van der Waals surface area contributed by atoms with E-state index in [4.69, 9.17) is 9.47 Å². The Balaban J connectivity index is 1.79. The minimum Gasteiger partial charge on any atom is -0.497 e. The first-order valence-electron chi connectivity index (χ1n) is 8.84. The summed E-state index contributed by atoms with van der Waals surface area (Å²) in [5, 5.41) is 0. The second-order valence-electron chi connectivity index (χ2n) is 6.17. The number of carbonyl (C=O) groups excluding carboxylic acids is 1. The van der Waals surface area contributed by atoms with Crippen molar-refractivity contribution in [3.63, 3.8) is 0 Å². The summed E-state index contributed by atoms with van der Waals surface area (Å²) in [6.45, 7) is 0.258. The van der Waals surface area contributed by atoms with Gasteiger partial charge in [-0.25, -0.2) is 4.79 Å². The number of esters is 1. The van der Waals surface area contributed by atoms with Gasteiger partial charge in [-0.05, 0) is 34.9 Å². The van der Waals surface area contributed by atoms with Gasteiger partial charge in [0, 0.05) is 12.0 Å². The van der Waals surface area contributed by atoms with Gasteiger partial charge in [-0.1, -0.05) is 72.8 Å². The molecule has 0 saturated heterocycles. The van der Waals surface area contributed by atoms with E-state index >= 15 is 0 Å². The molecule has 0 aliphatic heterocycles. The summed E-state index contributed by atoms with van der Waals surface area (Å²) < 4.78 is 10.7. The van der Waals surface area contributed by atoms with Crippen molar-refractivity contribution in [1.29, 1.82) is 0 Å². The van der Waals surface area contributed by atoms with Gasteiger partial charge in [0.15, 0.2) is 0 Å². The summed E-state index contributed by atoms with van der Waals surface area (Å²) in [4.78, 5) is 12.7. The second-order valence-corrected chi connectivity index (χ2v) is 6.17. The Morgan fingerprint density at radius 3 is 2.00 bits per heavy atom. The minimum atomic E-state index is -0.307. The summed E-state index contributed by atoms with van der Waals surface area (Å²) in [5.41, 5.74) is 3.57. The molecule has 27 heavy (non-hydrogen) atoms. The Morgan fingerprint density at radius 1 is 0.815 bits per heavy atom. The fourth-order valence-corrected chi connectivity index (χ4v) is 2.72.